The van der Waals surface area contributed by atoms with E-state index in [4.69, 9.17) is 26.4 Å². The molecule has 0 radical (unpaired) electrons. The molecular formula is C21H21N3O3S. The van der Waals surface area contributed by atoms with E-state index in [0.29, 0.717) is 16.6 Å². The third kappa shape index (κ3) is 4.32. The molecule has 0 spiro atoms. The first kappa shape index (κ1) is 19.4. The number of hydrogen-bond donors (Lipinski definition) is 2. The molecule has 0 aromatic heterocycles. The first-order chi connectivity index (χ1) is 13.7. The van der Waals surface area contributed by atoms with Crippen molar-refractivity contribution < 1.29 is 14.2 Å². The Morgan fingerprint density at radius 2 is 1.61 bits per heavy atom. The van der Waals surface area contributed by atoms with Crippen LogP contribution < -0.4 is 25.0 Å². The van der Waals surface area contributed by atoms with Gasteiger partial charge in [-0.15, -0.1) is 0 Å². The van der Waals surface area contributed by atoms with E-state index in [9.17, 15) is 0 Å². The van der Waals surface area contributed by atoms with Crippen molar-refractivity contribution >= 4 is 40.0 Å². The van der Waals surface area contributed by atoms with Crippen molar-refractivity contribution in [3.63, 3.8) is 0 Å². The lowest BCUT2D eigenvalue weighted by Gasteiger charge is -2.11. The average Bonchev–Trinajstić information content (AvgIpc) is 2.73. The predicted octanol–water partition coefficient (Wildman–Crippen LogP) is 4.19. The second-order valence-corrected chi connectivity index (χ2v) is 6.20. The topological polar surface area (TPSA) is 64.1 Å². The molecule has 0 atom stereocenters. The molecule has 0 heterocycles. The van der Waals surface area contributed by atoms with Gasteiger partial charge < -0.3 is 19.5 Å². The molecule has 0 saturated heterocycles. The molecule has 0 aliphatic rings. The standard InChI is InChI=1S/C21H21N3O3S/c1-25-18-10-8-14-6-4-5-7-16(14)17(18)13-22-24-21(28)23-15-9-11-19(26-2)20(12-15)27-3/h4-13H,1-3H3,(H2,23,24,28)/b22-13-. The van der Waals surface area contributed by atoms with Crippen LogP contribution >= 0.6 is 12.2 Å². The Kier molecular flexibility index (Phi) is 6.29. The first-order valence-corrected chi connectivity index (χ1v) is 8.95. The van der Waals surface area contributed by atoms with Crippen molar-refractivity contribution in [1.82, 2.24) is 5.43 Å². The number of benzene rings is 3. The van der Waals surface area contributed by atoms with Gasteiger partial charge in [0.25, 0.3) is 0 Å². The molecule has 0 fully saturated rings. The number of hydrazone groups is 1. The lowest BCUT2D eigenvalue weighted by molar-refractivity contribution is 0.355. The SMILES string of the molecule is COc1ccc(NC(=S)N/N=C\c2c(OC)ccc3ccccc23)cc1OC. The molecule has 3 aromatic carbocycles. The van der Waals surface area contributed by atoms with E-state index in [1.807, 2.05) is 42.5 Å². The van der Waals surface area contributed by atoms with Gasteiger partial charge in [-0.05, 0) is 41.2 Å². The quantitative estimate of drug-likeness (QED) is 0.371. The normalized spacial score (nSPS) is 10.7. The van der Waals surface area contributed by atoms with E-state index >= 15 is 0 Å². The zero-order valence-electron chi connectivity index (χ0n) is 15.9. The van der Waals surface area contributed by atoms with Crippen LogP contribution in [-0.4, -0.2) is 32.7 Å². The molecule has 7 heteroatoms. The number of rotatable bonds is 6. The maximum atomic E-state index is 5.46. The molecule has 3 rings (SSSR count). The predicted molar refractivity (Wildman–Crippen MR) is 117 cm³/mol. The van der Waals surface area contributed by atoms with E-state index < -0.39 is 0 Å². The van der Waals surface area contributed by atoms with Gasteiger partial charge in [-0.25, -0.2) is 0 Å². The van der Waals surface area contributed by atoms with Gasteiger partial charge in [0.2, 0.25) is 0 Å². The van der Waals surface area contributed by atoms with Crippen molar-refractivity contribution in [1.29, 1.82) is 0 Å². The molecule has 0 saturated carbocycles. The maximum absolute atomic E-state index is 5.46. The molecule has 0 aliphatic heterocycles. The molecular weight excluding hydrogens is 374 g/mol. The summed E-state index contributed by atoms with van der Waals surface area (Å²) in [6.45, 7) is 0. The summed E-state index contributed by atoms with van der Waals surface area (Å²) in [5.74, 6) is 2.00. The zero-order chi connectivity index (χ0) is 19.9. The van der Waals surface area contributed by atoms with E-state index in [-0.39, 0.29) is 0 Å². The van der Waals surface area contributed by atoms with E-state index in [2.05, 4.69) is 15.8 Å². The molecule has 2 N–H and O–H groups in total. The fourth-order valence-electron chi connectivity index (χ4n) is 2.82. The van der Waals surface area contributed by atoms with Crippen molar-refractivity contribution in [3.05, 3.63) is 60.2 Å². The van der Waals surface area contributed by atoms with E-state index in [1.165, 1.54) is 0 Å². The van der Waals surface area contributed by atoms with Crippen molar-refractivity contribution in [3.8, 4) is 17.2 Å². The molecule has 0 bridgehead atoms. The first-order valence-electron chi connectivity index (χ1n) is 8.54. The smallest absolute Gasteiger partial charge is 0.191 e. The summed E-state index contributed by atoms with van der Waals surface area (Å²) in [5, 5.41) is 9.82. The summed E-state index contributed by atoms with van der Waals surface area (Å²) in [6.07, 6.45) is 1.70. The Balaban J connectivity index is 1.73. The van der Waals surface area contributed by atoms with Crippen LogP contribution in [0.15, 0.2) is 59.7 Å². The summed E-state index contributed by atoms with van der Waals surface area (Å²) in [4.78, 5) is 0. The number of fused-ring (bicyclic) bond motifs is 1. The summed E-state index contributed by atoms with van der Waals surface area (Å²) in [7, 11) is 4.81. The van der Waals surface area contributed by atoms with Gasteiger partial charge in [0, 0.05) is 17.3 Å². The maximum Gasteiger partial charge on any atom is 0.191 e. The Morgan fingerprint density at radius 1 is 0.893 bits per heavy atom. The van der Waals surface area contributed by atoms with E-state index in [0.717, 1.165) is 27.8 Å². The highest BCUT2D eigenvalue weighted by Crippen LogP contribution is 2.29. The number of nitrogens with zero attached hydrogens (tertiary/aromatic N) is 1. The van der Waals surface area contributed by atoms with Crippen molar-refractivity contribution in [2.24, 2.45) is 5.10 Å². The van der Waals surface area contributed by atoms with Crippen LogP contribution in [0.5, 0.6) is 17.2 Å². The van der Waals surface area contributed by atoms with Gasteiger partial charge in [0.1, 0.15) is 5.75 Å². The number of methoxy groups -OCH3 is 3. The summed E-state index contributed by atoms with van der Waals surface area (Å²) in [6, 6.07) is 17.4. The van der Waals surface area contributed by atoms with Crippen LogP contribution in [0.3, 0.4) is 0 Å². The number of hydrogen-bond acceptors (Lipinski definition) is 5. The van der Waals surface area contributed by atoms with Crippen LogP contribution in [0.1, 0.15) is 5.56 Å². The summed E-state index contributed by atoms with van der Waals surface area (Å²) >= 11 is 5.31. The second kappa shape index (κ2) is 9.05. The van der Waals surface area contributed by atoms with Crippen LogP contribution in [-0.2, 0) is 0 Å². The second-order valence-electron chi connectivity index (χ2n) is 5.80. The molecule has 3 aromatic rings. The fraction of sp³-hybridized carbons (Fsp3) is 0.143. The lowest BCUT2D eigenvalue weighted by Crippen LogP contribution is -2.23. The van der Waals surface area contributed by atoms with Crippen LogP contribution in [0.4, 0.5) is 5.69 Å². The third-order valence-corrected chi connectivity index (χ3v) is 4.35. The molecule has 28 heavy (non-hydrogen) atoms. The minimum atomic E-state index is 0.350. The average molecular weight is 395 g/mol. The highest BCUT2D eigenvalue weighted by Gasteiger charge is 2.07. The third-order valence-electron chi connectivity index (χ3n) is 4.15. The van der Waals surface area contributed by atoms with Crippen LogP contribution in [0.2, 0.25) is 0 Å². The van der Waals surface area contributed by atoms with Gasteiger partial charge in [-0.1, -0.05) is 30.3 Å². The Morgan fingerprint density at radius 3 is 2.36 bits per heavy atom. The Bertz CT molecular complexity index is 1020. The lowest BCUT2D eigenvalue weighted by atomic mass is 10.0. The molecule has 6 nitrogen and oxygen atoms in total. The van der Waals surface area contributed by atoms with Crippen molar-refractivity contribution in [2.75, 3.05) is 26.6 Å². The molecule has 0 aliphatic carbocycles. The molecule has 0 unspecified atom stereocenters. The highest BCUT2D eigenvalue weighted by atomic mass is 32.1. The Hall–Kier alpha value is -3.32. The van der Waals surface area contributed by atoms with Gasteiger partial charge in [0.05, 0.1) is 27.5 Å². The van der Waals surface area contributed by atoms with Crippen LogP contribution in [0, 0.1) is 0 Å². The molecule has 0 amide bonds. The monoisotopic (exact) mass is 395 g/mol. The van der Waals surface area contributed by atoms with Gasteiger partial charge in [0.15, 0.2) is 16.6 Å². The van der Waals surface area contributed by atoms with Gasteiger partial charge >= 0.3 is 0 Å². The summed E-state index contributed by atoms with van der Waals surface area (Å²) < 4.78 is 16.0. The van der Waals surface area contributed by atoms with Gasteiger partial charge in [-0.3, -0.25) is 5.43 Å². The number of anilines is 1. The number of thiocarbonyl (C=S) groups is 1. The highest BCUT2D eigenvalue weighted by molar-refractivity contribution is 7.80. The largest absolute Gasteiger partial charge is 0.496 e. The Labute approximate surface area is 169 Å². The summed E-state index contributed by atoms with van der Waals surface area (Å²) in [5.41, 5.74) is 4.46. The zero-order valence-corrected chi connectivity index (χ0v) is 16.7. The minimum absolute atomic E-state index is 0.350. The fourth-order valence-corrected chi connectivity index (χ4v) is 2.99. The number of ether oxygens (including phenoxy) is 3. The van der Waals surface area contributed by atoms with Gasteiger partial charge in [-0.2, -0.15) is 5.10 Å². The number of nitrogens with one attached hydrogen (secondary N) is 2. The van der Waals surface area contributed by atoms with Crippen LogP contribution in [0.25, 0.3) is 10.8 Å². The minimum Gasteiger partial charge on any atom is -0.496 e. The molecule has 144 valence electrons. The van der Waals surface area contributed by atoms with E-state index in [1.54, 1.807) is 39.7 Å². The van der Waals surface area contributed by atoms with Crippen molar-refractivity contribution in [2.45, 2.75) is 0 Å².